The summed E-state index contributed by atoms with van der Waals surface area (Å²) in [7, 11) is 0. The summed E-state index contributed by atoms with van der Waals surface area (Å²) in [5.41, 5.74) is 3.86. The van der Waals surface area contributed by atoms with Gasteiger partial charge < -0.3 is 4.74 Å². The minimum atomic E-state index is -0.326. The molecule has 8 heteroatoms. The first-order chi connectivity index (χ1) is 14.6. The third-order valence-corrected chi connectivity index (χ3v) is 6.29. The summed E-state index contributed by atoms with van der Waals surface area (Å²) < 4.78 is 7.95. The monoisotopic (exact) mass is 406 g/mol. The summed E-state index contributed by atoms with van der Waals surface area (Å²) in [6.07, 6.45) is 3.82. The summed E-state index contributed by atoms with van der Waals surface area (Å²) in [6.45, 7) is 4.54. The van der Waals surface area contributed by atoms with Crippen molar-refractivity contribution in [3.8, 4) is 5.69 Å². The number of ether oxygens (including phenoxy) is 1. The highest BCUT2D eigenvalue weighted by Gasteiger charge is 2.39. The summed E-state index contributed by atoms with van der Waals surface area (Å²) in [5.74, 6) is 1.25. The molecule has 1 amide bonds. The fourth-order valence-corrected chi connectivity index (χ4v) is 4.43. The van der Waals surface area contributed by atoms with E-state index in [-0.39, 0.29) is 17.9 Å². The molecule has 1 aliphatic carbocycles. The average molecular weight is 406 g/mol. The van der Waals surface area contributed by atoms with Crippen LogP contribution in [0.15, 0.2) is 30.3 Å². The van der Waals surface area contributed by atoms with Gasteiger partial charge in [-0.15, -0.1) is 5.10 Å². The summed E-state index contributed by atoms with van der Waals surface area (Å²) in [6, 6.07) is 10.00. The zero-order valence-corrected chi connectivity index (χ0v) is 17.3. The molecule has 1 aromatic carbocycles. The number of benzene rings is 1. The maximum absolute atomic E-state index is 13.0. The molecule has 3 heterocycles. The van der Waals surface area contributed by atoms with E-state index in [2.05, 4.69) is 20.5 Å². The lowest BCUT2D eigenvalue weighted by atomic mass is 9.85. The summed E-state index contributed by atoms with van der Waals surface area (Å²) >= 11 is 0. The number of aromatic nitrogens is 5. The lowest BCUT2D eigenvalue weighted by Crippen LogP contribution is -2.26. The summed E-state index contributed by atoms with van der Waals surface area (Å²) in [5, 5.41) is 14.7. The van der Waals surface area contributed by atoms with Crippen molar-refractivity contribution in [1.29, 1.82) is 0 Å². The first-order valence-corrected chi connectivity index (χ1v) is 10.6. The van der Waals surface area contributed by atoms with Gasteiger partial charge >= 0.3 is 0 Å². The zero-order chi connectivity index (χ0) is 20.7. The van der Waals surface area contributed by atoms with E-state index in [0.29, 0.717) is 24.9 Å². The Morgan fingerprint density at radius 3 is 2.73 bits per heavy atom. The number of anilines is 1. The van der Waals surface area contributed by atoms with Gasteiger partial charge in [0, 0.05) is 23.8 Å². The van der Waals surface area contributed by atoms with Gasteiger partial charge in [-0.25, -0.2) is 4.68 Å². The molecule has 2 aromatic heterocycles. The predicted molar refractivity (Wildman–Crippen MR) is 111 cm³/mol. The van der Waals surface area contributed by atoms with Crippen LogP contribution >= 0.6 is 0 Å². The van der Waals surface area contributed by atoms with E-state index in [4.69, 9.17) is 9.84 Å². The van der Waals surface area contributed by atoms with Crippen molar-refractivity contribution in [3.05, 3.63) is 53.1 Å². The molecule has 2 aliphatic rings. The van der Waals surface area contributed by atoms with Crippen LogP contribution in [0.5, 0.6) is 0 Å². The Balaban J connectivity index is 1.37. The summed E-state index contributed by atoms with van der Waals surface area (Å²) in [4.78, 5) is 17.5. The predicted octanol–water partition coefficient (Wildman–Crippen LogP) is 3.59. The van der Waals surface area contributed by atoms with Crippen molar-refractivity contribution in [3.63, 3.8) is 0 Å². The quantitative estimate of drug-likeness (QED) is 0.675. The molecule has 1 saturated carbocycles. The average Bonchev–Trinajstić information content (AvgIpc) is 3.41. The van der Waals surface area contributed by atoms with Crippen molar-refractivity contribution in [2.75, 3.05) is 11.9 Å². The number of nitrogens with one attached hydrogen (secondary N) is 2. The molecular weight excluding hydrogens is 380 g/mol. The molecule has 5 rings (SSSR count). The largest absolute Gasteiger partial charge is 0.373 e. The Kier molecular flexibility index (Phi) is 4.86. The van der Waals surface area contributed by atoms with Crippen molar-refractivity contribution >= 4 is 11.9 Å². The Bertz CT molecular complexity index is 1050. The van der Waals surface area contributed by atoms with Gasteiger partial charge in [0.2, 0.25) is 11.9 Å². The van der Waals surface area contributed by atoms with E-state index in [9.17, 15) is 4.79 Å². The van der Waals surface area contributed by atoms with Gasteiger partial charge in [0.25, 0.3) is 0 Å². The number of aromatic amines is 1. The highest BCUT2D eigenvalue weighted by Crippen LogP contribution is 2.39. The molecule has 0 bridgehead atoms. The highest BCUT2D eigenvalue weighted by atomic mass is 16.5. The number of amides is 1. The molecule has 156 valence electrons. The van der Waals surface area contributed by atoms with E-state index in [1.807, 2.05) is 48.9 Å². The number of para-hydroxylation sites is 1. The van der Waals surface area contributed by atoms with Gasteiger partial charge in [-0.05, 0) is 45.2 Å². The number of hydrogen-bond acceptors (Lipinski definition) is 5. The minimum Gasteiger partial charge on any atom is -0.373 e. The second-order valence-electron chi connectivity index (χ2n) is 8.18. The van der Waals surface area contributed by atoms with E-state index in [0.717, 1.165) is 41.3 Å². The van der Waals surface area contributed by atoms with E-state index < -0.39 is 0 Å². The molecule has 0 radical (unpaired) electrons. The lowest BCUT2D eigenvalue weighted by Gasteiger charge is -2.22. The maximum Gasteiger partial charge on any atom is 0.248 e. The number of aryl methyl sites for hydroxylation is 1. The molecule has 0 spiro atoms. The van der Waals surface area contributed by atoms with Crippen LogP contribution in [0.2, 0.25) is 0 Å². The molecular formula is C22H26N6O2. The van der Waals surface area contributed by atoms with Gasteiger partial charge in [0.05, 0.1) is 23.4 Å². The number of carbonyl (C=O) groups excluding carboxylic acids is 1. The molecule has 0 unspecified atom stereocenters. The Morgan fingerprint density at radius 1 is 1.20 bits per heavy atom. The topological polar surface area (TPSA) is 97.7 Å². The number of hydrogen-bond donors (Lipinski definition) is 2. The van der Waals surface area contributed by atoms with Gasteiger partial charge in [-0.1, -0.05) is 24.6 Å². The van der Waals surface area contributed by atoms with Gasteiger partial charge in [-0.3, -0.25) is 15.2 Å². The van der Waals surface area contributed by atoms with Crippen LogP contribution in [0.4, 0.5) is 5.95 Å². The van der Waals surface area contributed by atoms with Gasteiger partial charge in [0.15, 0.2) is 0 Å². The fraction of sp³-hybridized carbons (Fsp3) is 0.455. The zero-order valence-electron chi connectivity index (χ0n) is 17.3. The lowest BCUT2D eigenvalue weighted by molar-refractivity contribution is -0.121. The normalized spacial score (nSPS) is 21.5. The highest BCUT2D eigenvalue weighted by molar-refractivity contribution is 5.91. The molecule has 1 aliphatic heterocycles. The van der Waals surface area contributed by atoms with Gasteiger partial charge in [-0.2, -0.15) is 10.1 Å². The van der Waals surface area contributed by atoms with Crippen molar-refractivity contribution in [1.82, 2.24) is 25.0 Å². The van der Waals surface area contributed by atoms with Crippen molar-refractivity contribution < 1.29 is 9.53 Å². The number of carbonyl (C=O) groups is 1. The molecule has 3 aromatic rings. The van der Waals surface area contributed by atoms with E-state index in [1.165, 1.54) is 6.42 Å². The van der Waals surface area contributed by atoms with Gasteiger partial charge in [0.1, 0.15) is 5.82 Å². The second-order valence-corrected chi connectivity index (χ2v) is 8.18. The van der Waals surface area contributed by atoms with Crippen LogP contribution in [0.25, 0.3) is 5.69 Å². The fourth-order valence-electron chi connectivity index (χ4n) is 4.43. The smallest absolute Gasteiger partial charge is 0.248 e. The third kappa shape index (κ3) is 3.31. The van der Waals surface area contributed by atoms with Crippen LogP contribution in [-0.2, 0) is 9.53 Å². The van der Waals surface area contributed by atoms with Crippen LogP contribution in [-0.4, -0.2) is 37.5 Å². The Hall–Kier alpha value is -3.00. The van der Waals surface area contributed by atoms with Crippen LogP contribution in [0.1, 0.15) is 60.5 Å². The molecule has 2 atom stereocenters. The maximum atomic E-state index is 13.0. The van der Waals surface area contributed by atoms with Crippen LogP contribution < -0.4 is 5.32 Å². The van der Waals surface area contributed by atoms with E-state index >= 15 is 0 Å². The third-order valence-electron chi connectivity index (χ3n) is 6.29. The SMILES string of the molecule is Cc1nn(-c2ccccc2)c(C)c1[C@H]1OCC[C@@H]1C(=O)Nc1n[nH]c(C2CCC2)n1. The number of rotatable bonds is 5. The standard InChI is InChI=1S/C22H26N6O2/c1-13-18(14(2)28(27-13)16-9-4-3-5-10-16)19-17(11-12-30-19)21(29)24-22-23-20(25-26-22)15-7-6-8-15/h3-5,9-10,15,17,19H,6-8,11-12H2,1-2H3,(H2,23,24,25,26,29)/t17-,19-/m0/s1. The van der Waals surface area contributed by atoms with Crippen molar-refractivity contribution in [2.24, 2.45) is 5.92 Å². The minimum absolute atomic E-state index is 0.108. The molecule has 1 saturated heterocycles. The molecule has 30 heavy (non-hydrogen) atoms. The van der Waals surface area contributed by atoms with Crippen molar-refractivity contribution in [2.45, 2.75) is 51.6 Å². The molecule has 8 nitrogen and oxygen atoms in total. The van der Waals surface area contributed by atoms with E-state index in [1.54, 1.807) is 0 Å². The second kappa shape index (κ2) is 7.68. The number of nitrogens with zero attached hydrogens (tertiary/aromatic N) is 4. The van der Waals surface area contributed by atoms with Crippen LogP contribution in [0.3, 0.4) is 0 Å². The molecule has 2 N–H and O–H groups in total. The molecule has 2 fully saturated rings. The first kappa shape index (κ1) is 19.0. The number of H-pyrrole nitrogens is 1. The Labute approximate surface area is 175 Å². The first-order valence-electron chi connectivity index (χ1n) is 10.6. The van der Waals surface area contributed by atoms with Crippen LogP contribution in [0, 0.1) is 19.8 Å². The Morgan fingerprint density at radius 2 is 2.00 bits per heavy atom.